The Hall–Kier alpha value is -2.08. The molecule has 0 unspecified atom stereocenters. The van der Waals surface area contributed by atoms with Crippen molar-refractivity contribution in [3.8, 4) is 5.75 Å². The van der Waals surface area contributed by atoms with Crippen LogP contribution in [0.25, 0.3) is 0 Å². The van der Waals surface area contributed by atoms with Gasteiger partial charge >= 0.3 is 5.97 Å². The van der Waals surface area contributed by atoms with E-state index in [9.17, 15) is 9.59 Å². The van der Waals surface area contributed by atoms with Crippen molar-refractivity contribution in [2.75, 3.05) is 33.1 Å². The number of anilines is 1. The van der Waals surface area contributed by atoms with Gasteiger partial charge in [0.2, 0.25) is 5.91 Å². The number of aromatic carboxylic acids is 1. The predicted octanol–water partition coefficient (Wildman–Crippen LogP) is 0.893. The van der Waals surface area contributed by atoms with Crippen molar-refractivity contribution >= 4 is 17.6 Å². The average Bonchev–Trinajstić information content (AvgIpc) is 2.27. The quantitative estimate of drug-likeness (QED) is 0.813. The number of carboxylic acid groups (broad SMARTS) is 1. The first kappa shape index (κ1) is 14.0. The van der Waals surface area contributed by atoms with E-state index >= 15 is 0 Å². The number of nitrogens with zero attached hydrogens (tertiary/aromatic N) is 1. The van der Waals surface area contributed by atoms with Gasteiger partial charge in [0.25, 0.3) is 0 Å². The molecule has 0 aliphatic carbocycles. The highest BCUT2D eigenvalue weighted by Gasteiger charge is 2.13. The van der Waals surface area contributed by atoms with E-state index in [1.165, 1.54) is 25.3 Å². The number of carboxylic acids is 1. The van der Waals surface area contributed by atoms with Gasteiger partial charge in [-0.2, -0.15) is 0 Å². The zero-order valence-corrected chi connectivity index (χ0v) is 10.6. The summed E-state index contributed by atoms with van der Waals surface area (Å²) in [4.78, 5) is 24.3. The molecule has 98 valence electrons. The summed E-state index contributed by atoms with van der Waals surface area (Å²) in [7, 11) is 4.98. The molecule has 0 atom stereocenters. The summed E-state index contributed by atoms with van der Waals surface area (Å²) in [6.07, 6.45) is 0. The number of nitrogens with one attached hydrogen (secondary N) is 1. The van der Waals surface area contributed by atoms with Crippen LogP contribution in [0.15, 0.2) is 18.2 Å². The molecule has 0 saturated heterocycles. The molecule has 1 aromatic carbocycles. The molecule has 0 saturated carbocycles. The highest BCUT2D eigenvalue weighted by atomic mass is 16.5. The summed E-state index contributed by atoms with van der Waals surface area (Å²) >= 11 is 0. The molecule has 0 aromatic heterocycles. The van der Waals surface area contributed by atoms with Crippen molar-refractivity contribution < 1.29 is 19.4 Å². The van der Waals surface area contributed by atoms with Gasteiger partial charge in [0.15, 0.2) is 0 Å². The van der Waals surface area contributed by atoms with E-state index in [1.54, 1.807) is 19.0 Å². The van der Waals surface area contributed by atoms with Crippen LogP contribution in [0.3, 0.4) is 0 Å². The van der Waals surface area contributed by atoms with Crippen molar-refractivity contribution in [3.63, 3.8) is 0 Å². The Kier molecular flexibility index (Phi) is 4.67. The Morgan fingerprint density at radius 2 is 2.06 bits per heavy atom. The maximum Gasteiger partial charge on any atom is 0.337 e. The minimum atomic E-state index is -1.10. The summed E-state index contributed by atoms with van der Waals surface area (Å²) in [6, 6.07) is 4.41. The second-order valence-electron chi connectivity index (χ2n) is 4.00. The van der Waals surface area contributed by atoms with Gasteiger partial charge in [0, 0.05) is 6.07 Å². The summed E-state index contributed by atoms with van der Waals surface area (Å²) in [6.45, 7) is 0.177. The minimum absolute atomic E-state index is 0.0305. The van der Waals surface area contributed by atoms with Crippen LogP contribution in [0, 0.1) is 0 Å². The van der Waals surface area contributed by atoms with Crippen molar-refractivity contribution in [1.29, 1.82) is 0 Å². The molecule has 1 amide bonds. The van der Waals surface area contributed by atoms with Crippen LogP contribution in [-0.4, -0.2) is 49.6 Å². The van der Waals surface area contributed by atoms with E-state index in [0.717, 1.165) is 0 Å². The lowest BCUT2D eigenvalue weighted by atomic mass is 10.1. The van der Waals surface area contributed by atoms with Crippen molar-refractivity contribution in [2.45, 2.75) is 0 Å². The zero-order valence-electron chi connectivity index (χ0n) is 10.6. The first-order chi connectivity index (χ1) is 8.43. The average molecular weight is 252 g/mol. The van der Waals surface area contributed by atoms with Crippen LogP contribution in [0.1, 0.15) is 10.4 Å². The number of likely N-dealkylation sites (N-methyl/N-ethyl adjacent to an activating group) is 1. The highest BCUT2D eigenvalue weighted by Crippen LogP contribution is 2.22. The third-order valence-electron chi connectivity index (χ3n) is 2.19. The van der Waals surface area contributed by atoms with Gasteiger partial charge in [-0.05, 0) is 26.2 Å². The summed E-state index contributed by atoms with van der Waals surface area (Å²) in [5.74, 6) is -0.895. The minimum Gasteiger partial charge on any atom is -0.497 e. The third kappa shape index (κ3) is 3.74. The maximum absolute atomic E-state index is 11.6. The molecule has 1 aromatic rings. The third-order valence-corrected chi connectivity index (χ3v) is 2.19. The summed E-state index contributed by atoms with van der Waals surface area (Å²) in [5, 5.41) is 11.6. The van der Waals surface area contributed by atoms with Gasteiger partial charge in [0.1, 0.15) is 5.75 Å². The molecule has 0 fully saturated rings. The summed E-state index contributed by atoms with van der Waals surface area (Å²) in [5.41, 5.74) is 0.261. The molecule has 0 aliphatic heterocycles. The zero-order chi connectivity index (χ0) is 13.7. The number of methoxy groups -OCH3 is 1. The number of ether oxygens (including phenoxy) is 1. The Labute approximate surface area is 105 Å². The van der Waals surface area contributed by atoms with E-state index < -0.39 is 5.97 Å². The first-order valence-corrected chi connectivity index (χ1v) is 5.30. The SMILES string of the molecule is COc1ccc(C(=O)O)c(NC(=O)CN(C)C)c1. The lowest BCUT2D eigenvalue weighted by Crippen LogP contribution is -2.27. The molecule has 0 radical (unpaired) electrons. The number of carbonyl (C=O) groups excluding carboxylic acids is 1. The molecule has 0 spiro atoms. The largest absolute Gasteiger partial charge is 0.497 e. The Morgan fingerprint density at radius 3 is 2.56 bits per heavy atom. The number of benzene rings is 1. The van der Waals surface area contributed by atoms with Gasteiger partial charge in [0.05, 0.1) is 24.9 Å². The van der Waals surface area contributed by atoms with Crippen LogP contribution >= 0.6 is 0 Å². The number of carbonyl (C=O) groups is 2. The van der Waals surface area contributed by atoms with E-state index in [1.807, 2.05) is 0 Å². The summed E-state index contributed by atoms with van der Waals surface area (Å²) < 4.78 is 5.00. The lowest BCUT2D eigenvalue weighted by Gasteiger charge is -2.12. The van der Waals surface area contributed by atoms with E-state index in [4.69, 9.17) is 9.84 Å². The number of hydrogen-bond donors (Lipinski definition) is 2. The van der Waals surface area contributed by atoms with Crippen LogP contribution in [0.5, 0.6) is 5.75 Å². The van der Waals surface area contributed by atoms with Crippen LogP contribution in [-0.2, 0) is 4.79 Å². The molecule has 1 rings (SSSR count). The van der Waals surface area contributed by atoms with E-state index in [2.05, 4.69) is 5.32 Å². The Bertz CT molecular complexity index is 457. The standard InChI is InChI=1S/C12H16N2O4/c1-14(2)7-11(15)13-10-6-8(18-3)4-5-9(10)12(16)17/h4-6H,7H2,1-3H3,(H,13,15)(H,16,17). The van der Waals surface area contributed by atoms with Crippen LogP contribution in [0.2, 0.25) is 0 Å². The van der Waals surface area contributed by atoms with Gasteiger partial charge in [-0.15, -0.1) is 0 Å². The number of rotatable bonds is 5. The molecular weight excluding hydrogens is 236 g/mol. The second kappa shape index (κ2) is 6.02. The van der Waals surface area contributed by atoms with Gasteiger partial charge in [-0.1, -0.05) is 0 Å². The van der Waals surface area contributed by atoms with Crippen molar-refractivity contribution in [2.24, 2.45) is 0 Å². The van der Waals surface area contributed by atoms with Gasteiger partial charge < -0.3 is 20.1 Å². The molecule has 2 N–H and O–H groups in total. The van der Waals surface area contributed by atoms with Gasteiger partial charge in [-0.25, -0.2) is 4.79 Å². The predicted molar refractivity (Wildman–Crippen MR) is 67.1 cm³/mol. The monoisotopic (exact) mass is 252 g/mol. The molecule has 0 aliphatic rings. The topological polar surface area (TPSA) is 78.9 Å². The fourth-order valence-corrected chi connectivity index (χ4v) is 1.42. The van der Waals surface area contributed by atoms with Crippen LogP contribution < -0.4 is 10.1 Å². The number of hydrogen-bond acceptors (Lipinski definition) is 4. The van der Waals surface area contributed by atoms with Crippen LogP contribution in [0.4, 0.5) is 5.69 Å². The van der Waals surface area contributed by atoms with Crippen molar-refractivity contribution in [3.05, 3.63) is 23.8 Å². The normalized spacial score (nSPS) is 10.2. The van der Waals surface area contributed by atoms with E-state index in [-0.39, 0.29) is 23.7 Å². The molecule has 6 heteroatoms. The van der Waals surface area contributed by atoms with E-state index in [0.29, 0.717) is 5.75 Å². The molecular formula is C12H16N2O4. The first-order valence-electron chi connectivity index (χ1n) is 5.30. The maximum atomic E-state index is 11.6. The Morgan fingerprint density at radius 1 is 1.39 bits per heavy atom. The molecule has 0 heterocycles. The fraction of sp³-hybridized carbons (Fsp3) is 0.333. The number of amides is 1. The van der Waals surface area contributed by atoms with Crippen molar-refractivity contribution in [1.82, 2.24) is 4.90 Å². The molecule has 18 heavy (non-hydrogen) atoms. The molecule has 6 nitrogen and oxygen atoms in total. The Balaban J connectivity index is 2.97. The fourth-order valence-electron chi connectivity index (χ4n) is 1.42. The lowest BCUT2D eigenvalue weighted by molar-refractivity contribution is -0.116. The molecule has 0 bridgehead atoms. The highest BCUT2D eigenvalue weighted by molar-refractivity contribution is 6.01. The smallest absolute Gasteiger partial charge is 0.337 e. The van der Waals surface area contributed by atoms with Gasteiger partial charge in [-0.3, -0.25) is 4.79 Å². The second-order valence-corrected chi connectivity index (χ2v) is 4.00.